The fraction of sp³-hybridized carbons (Fsp3) is 0.500. The van der Waals surface area contributed by atoms with Crippen molar-refractivity contribution in [3.63, 3.8) is 0 Å². The molecule has 158 valence electrons. The molecule has 0 saturated carbocycles. The maximum Gasteiger partial charge on any atom is 0.264 e. The van der Waals surface area contributed by atoms with E-state index in [-0.39, 0.29) is 11.8 Å². The van der Waals surface area contributed by atoms with Crippen LogP contribution < -0.4 is 5.32 Å². The fourth-order valence-electron chi connectivity index (χ4n) is 4.13. The van der Waals surface area contributed by atoms with Crippen molar-refractivity contribution in [1.29, 1.82) is 5.26 Å². The highest BCUT2D eigenvalue weighted by atomic mass is 32.1. The number of nitrogens with one attached hydrogen (secondary N) is 1. The van der Waals surface area contributed by atoms with Crippen molar-refractivity contribution in [2.45, 2.75) is 38.5 Å². The summed E-state index contributed by atoms with van der Waals surface area (Å²) in [5.74, 6) is 0.0592. The van der Waals surface area contributed by atoms with Gasteiger partial charge in [0.25, 0.3) is 5.91 Å². The van der Waals surface area contributed by atoms with Gasteiger partial charge in [0.2, 0.25) is 5.91 Å². The Balaban J connectivity index is 1.26. The molecule has 30 heavy (non-hydrogen) atoms. The Morgan fingerprint density at radius 3 is 2.67 bits per heavy atom. The monoisotopic (exact) mass is 442 g/mol. The molecule has 2 aromatic heterocycles. The lowest BCUT2D eigenvalue weighted by atomic mass is 10.1. The van der Waals surface area contributed by atoms with E-state index in [2.05, 4.69) is 16.3 Å². The third kappa shape index (κ3) is 4.75. The van der Waals surface area contributed by atoms with Crippen molar-refractivity contribution in [3.8, 4) is 6.07 Å². The highest BCUT2D eigenvalue weighted by molar-refractivity contribution is 7.16. The highest BCUT2D eigenvalue weighted by Gasteiger charge is 2.24. The molecule has 0 radical (unpaired) electrons. The summed E-state index contributed by atoms with van der Waals surface area (Å²) in [5, 5.41) is 15.2. The quantitative estimate of drug-likeness (QED) is 0.716. The minimum atomic E-state index is -0.0417. The van der Waals surface area contributed by atoms with Gasteiger partial charge in [-0.1, -0.05) is 12.5 Å². The number of nitrogens with zero attached hydrogens (tertiary/aromatic N) is 3. The molecular weight excluding hydrogens is 416 g/mol. The summed E-state index contributed by atoms with van der Waals surface area (Å²) in [6.07, 6.45) is 5.84. The van der Waals surface area contributed by atoms with E-state index in [9.17, 15) is 14.9 Å². The lowest BCUT2D eigenvalue weighted by Gasteiger charge is -2.34. The molecule has 2 aromatic rings. The molecule has 0 atom stereocenters. The molecule has 0 aromatic carbocycles. The Hall–Kier alpha value is -2.21. The zero-order chi connectivity index (χ0) is 20.9. The molecule has 1 aliphatic carbocycles. The summed E-state index contributed by atoms with van der Waals surface area (Å²) in [6, 6.07) is 6.08. The number of nitriles is 1. The number of fused-ring (bicyclic) bond motifs is 1. The van der Waals surface area contributed by atoms with Crippen LogP contribution in [0.1, 0.15) is 51.4 Å². The van der Waals surface area contributed by atoms with E-state index in [1.165, 1.54) is 22.6 Å². The molecule has 4 rings (SSSR count). The molecule has 0 unspecified atom stereocenters. The first-order valence-corrected chi connectivity index (χ1v) is 12.2. The summed E-state index contributed by atoms with van der Waals surface area (Å²) in [7, 11) is 0. The number of thiophene rings is 2. The first-order valence-electron chi connectivity index (χ1n) is 10.6. The topological polar surface area (TPSA) is 76.4 Å². The minimum absolute atomic E-state index is 0.0417. The second-order valence-electron chi connectivity index (χ2n) is 7.79. The number of hydrogen-bond donors (Lipinski definition) is 1. The maximum atomic E-state index is 12.5. The van der Waals surface area contributed by atoms with Gasteiger partial charge in [0, 0.05) is 44.0 Å². The number of aryl methyl sites for hydroxylation is 1. The van der Waals surface area contributed by atoms with E-state index in [0.717, 1.165) is 54.2 Å². The minimum Gasteiger partial charge on any atom is -0.335 e. The Morgan fingerprint density at radius 1 is 1.13 bits per heavy atom. The predicted octanol–water partition coefficient (Wildman–Crippen LogP) is 3.74. The van der Waals surface area contributed by atoms with Crippen molar-refractivity contribution < 1.29 is 9.59 Å². The zero-order valence-electron chi connectivity index (χ0n) is 17.0. The molecule has 0 bridgehead atoms. The first-order chi connectivity index (χ1) is 14.7. The van der Waals surface area contributed by atoms with Gasteiger partial charge < -0.3 is 10.2 Å². The lowest BCUT2D eigenvalue weighted by Crippen LogP contribution is -2.49. The number of hydrogen-bond acceptors (Lipinski definition) is 6. The summed E-state index contributed by atoms with van der Waals surface area (Å²) in [6.45, 7) is 3.60. The van der Waals surface area contributed by atoms with Gasteiger partial charge in [-0.2, -0.15) is 5.26 Å². The Morgan fingerprint density at radius 2 is 1.93 bits per heavy atom. The molecule has 1 aliphatic heterocycles. The smallest absolute Gasteiger partial charge is 0.264 e. The van der Waals surface area contributed by atoms with E-state index < -0.39 is 0 Å². The zero-order valence-corrected chi connectivity index (χ0v) is 18.6. The average Bonchev–Trinajstić information content (AvgIpc) is 3.35. The van der Waals surface area contributed by atoms with E-state index in [1.54, 1.807) is 11.3 Å². The number of amides is 2. The van der Waals surface area contributed by atoms with Crippen molar-refractivity contribution in [2.24, 2.45) is 0 Å². The molecule has 1 fully saturated rings. The van der Waals surface area contributed by atoms with Gasteiger partial charge in [-0.25, -0.2) is 0 Å². The van der Waals surface area contributed by atoms with Crippen LogP contribution in [-0.2, 0) is 17.6 Å². The predicted molar refractivity (Wildman–Crippen MR) is 120 cm³/mol. The van der Waals surface area contributed by atoms with Gasteiger partial charge in [-0.3, -0.25) is 14.5 Å². The van der Waals surface area contributed by atoms with Crippen LogP contribution in [0.5, 0.6) is 0 Å². The van der Waals surface area contributed by atoms with Crippen LogP contribution >= 0.6 is 22.7 Å². The van der Waals surface area contributed by atoms with Gasteiger partial charge in [0.05, 0.1) is 10.4 Å². The van der Waals surface area contributed by atoms with Crippen LogP contribution in [0.2, 0.25) is 0 Å². The van der Waals surface area contributed by atoms with Gasteiger partial charge in [0.1, 0.15) is 11.1 Å². The number of piperazine rings is 1. The molecule has 2 aliphatic rings. The Bertz CT molecular complexity index is 937. The number of carbonyl (C=O) groups is 2. The largest absolute Gasteiger partial charge is 0.335 e. The number of rotatable bonds is 5. The molecule has 1 saturated heterocycles. The van der Waals surface area contributed by atoms with Crippen LogP contribution in [0.25, 0.3) is 0 Å². The van der Waals surface area contributed by atoms with Crippen molar-refractivity contribution >= 4 is 39.5 Å². The van der Waals surface area contributed by atoms with E-state index >= 15 is 0 Å². The lowest BCUT2D eigenvalue weighted by molar-refractivity contribution is -0.116. The van der Waals surface area contributed by atoms with Crippen LogP contribution in [0, 0.1) is 11.3 Å². The first kappa shape index (κ1) is 21.0. The van der Waals surface area contributed by atoms with Gasteiger partial charge in [-0.05, 0) is 42.7 Å². The van der Waals surface area contributed by atoms with Crippen LogP contribution in [0.4, 0.5) is 5.00 Å². The van der Waals surface area contributed by atoms with Crippen LogP contribution in [0.15, 0.2) is 17.5 Å². The molecule has 2 amide bonds. The second-order valence-corrected chi connectivity index (χ2v) is 9.84. The average molecular weight is 443 g/mol. The van der Waals surface area contributed by atoms with E-state index in [4.69, 9.17) is 0 Å². The third-order valence-electron chi connectivity index (χ3n) is 5.83. The molecule has 1 N–H and O–H groups in total. The number of carbonyl (C=O) groups excluding carboxylic acids is 2. The summed E-state index contributed by atoms with van der Waals surface area (Å²) < 4.78 is 0. The highest BCUT2D eigenvalue weighted by Crippen LogP contribution is 2.37. The fourth-order valence-corrected chi connectivity index (χ4v) is 6.08. The van der Waals surface area contributed by atoms with E-state index in [1.807, 2.05) is 22.4 Å². The van der Waals surface area contributed by atoms with Gasteiger partial charge >= 0.3 is 0 Å². The molecule has 0 spiro atoms. The van der Waals surface area contributed by atoms with Crippen molar-refractivity contribution in [3.05, 3.63) is 38.4 Å². The SMILES string of the molecule is N#Cc1c(NC(=O)CCN2CCN(C(=O)c3cccs3)CC2)sc2c1CCCCC2. The van der Waals surface area contributed by atoms with Gasteiger partial charge in [-0.15, -0.1) is 22.7 Å². The molecule has 6 nitrogen and oxygen atoms in total. The standard InChI is InChI=1S/C22H26N4O2S2/c23-15-17-16-5-2-1-3-6-18(16)30-21(17)24-20(27)8-9-25-10-12-26(13-11-25)22(28)19-7-4-14-29-19/h4,7,14H,1-3,5-6,8-13H2,(H,24,27). The summed E-state index contributed by atoms with van der Waals surface area (Å²) in [5.41, 5.74) is 1.83. The third-order valence-corrected chi connectivity index (χ3v) is 7.90. The molecular formula is C22H26N4O2S2. The summed E-state index contributed by atoms with van der Waals surface area (Å²) in [4.78, 5) is 31.1. The molecule has 8 heteroatoms. The van der Waals surface area contributed by atoms with Gasteiger partial charge in [0.15, 0.2) is 0 Å². The second kappa shape index (κ2) is 9.73. The molecule has 3 heterocycles. The summed E-state index contributed by atoms with van der Waals surface area (Å²) >= 11 is 3.06. The van der Waals surface area contributed by atoms with Crippen LogP contribution in [0.3, 0.4) is 0 Å². The van der Waals surface area contributed by atoms with Crippen LogP contribution in [-0.4, -0.2) is 54.3 Å². The van der Waals surface area contributed by atoms with Crippen molar-refractivity contribution in [2.75, 3.05) is 38.0 Å². The Labute approximate surface area is 185 Å². The maximum absolute atomic E-state index is 12.5. The number of anilines is 1. The van der Waals surface area contributed by atoms with Crippen molar-refractivity contribution in [1.82, 2.24) is 9.80 Å². The Kier molecular flexibility index (Phi) is 6.82. The van der Waals surface area contributed by atoms with E-state index in [0.29, 0.717) is 31.6 Å². The normalized spacial score (nSPS) is 17.1.